The van der Waals surface area contributed by atoms with Crippen molar-refractivity contribution >= 4 is 40.0 Å². The minimum atomic E-state index is -0.154. The average Bonchev–Trinajstić information content (AvgIpc) is 2.96. The van der Waals surface area contributed by atoms with Gasteiger partial charge in [0.05, 0.1) is 17.3 Å². The lowest BCUT2D eigenvalue weighted by Crippen LogP contribution is -2.34. The molecule has 1 aromatic rings. The normalized spacial score (nSPS) is 18.2. The molecular formula is C11H13N3O2S2. The van der Waals surface area contributed by atoms with Crippen LogP contribution in [0.2, 0.25) is 0 Å². The first-order valence-corrected chi connectivity index (χ1v) is 7.83. The molecule has 0 atom stereocenters. The van der Waals surface area contributed by atoms with Gasteiger partial charge in [0.1, 0.15) is 6.54 Å². The summed E-state index contributed by atoms with van der Waals surface area (Å²) in [4.78, 5) is 30.4. The number of anilines is 1. The molecule has 1 aliphatic heterocycles. The quantitative estimate of drug-likeness (QED) is 0.902. The summed E-state index contributed by atoms with van der Waals surface area (Å²) in [6, 6.07) is 0. The van der Waals surface area contributed by atoms with E-state index in [4.69, 9.17) is 0 Å². The maximum atomic E-state index is 11.8. The van der Waals surface area contributed by atoms with Crippen LogP contribution < -0.4 is 5.32 Å². The second kappa shape index (κ2) is 4.89. The fourth-order valence-electron chi connectivity index (χ4n) is 2.12. The maximum absolute atomic E-state index is 11.8. The van der Waals surface area contributed by atoms with Gasteiger partial charge in [-0.15, -0.1) is 23.1 Å². The summed E-state index contributed by atoms with van der Waals surface area (Å²) in [5.74, 6) is 0.981. The molecule has 0 aromatic carbocycles. The molecule has 2 aliphatic rings. The highest BCUT2D eigenvalue weighted by Crippen LogP contribution is 2.30. The van der Waals surface area contributed by atoms with Crippen molar-refractivity contribution in [1.82, 2.24) is 9.88 Å². The van der Waals surface area contributed by atoms with E-state index in [0.29, 0.717) is 16.8 Å². The van der Waals surface area contributed by atoms with Crippen LogP contribution in [0.3, 0.4) is 0 Å². The lowest BCUT2D eigenvalue weighted by Gasteiger charge is -2.13. The van der Waals surface area contributed by atoms with Crippen LogP contribution in [0.4, 0.5) is 5.13 Å². The van der Waals surface area contributed by atoms with Crippen LogP contribution in [0.15, 0.2) is 0 Å². The molecule has 1 aromatic heterocycles. The van der Waals surface area contributed by atoms with Crippen molar-refractivity contribution in [3.63, 3.8) is 0 Å². The highest BCUT2D eigenvalue weighted by molar-refractivity contribution is 8.00. The second-order valence-electron chi connectivity index (χ2n) is 4.36. The van der Waals surface area contributed by atoms with Crippen molar-refractivity contribution in [2.75, 3.05) is 23.5 Å². The molecular weight excluding hydrogens is 270 g/mol. The van der Waals surface area contributed by atoms with Gasteiger partial charge in [-0.2, -0.15) is 0 Å². The van der Waals surface area contributed by atoms with Crippen LogP contribution in [-0.2, 0) is 22.4 Å². The Morgan fingerprint density at radius 2 is 2.33 bits per heavy atom. The third-order valence-electron chi connectivity index (χ3n) is 3.00. The molecule has 7 heteroatoms. The Morgan fingerprint density at radius 3 is 3.06 bits per heavy atom. The Kier molecular flexibility index (Phi) is 3.25. The summed E-state index contributed by atoms with van der Waals surface area (Å²) in [7, 11) is 0. The molecule has 0 saturated carbocycles. The van der Waals surface area contributed by atoms with E-state index in [2.05, 4.69) is 10.3 Å². The van der Waals surface area contributed by atoms with Crippen LogP contribution >= 0.6 is 23.1 Å². The highest BCUT2D eigenvalue weighted by atomic mass is 32.2. The first-order chi connectivity index (χ1) is 8.72. The number of nitrogens with zero attached hydrogens (tertiary/aromatic N) is 2. The lowest BCUT2D eigenvalue weighted by molar-refractivity contribution is -0.130. The number of fused-ring (bicyclic) bond motifs is 1. The molecule has 0 radical (unpaired) electrons. The molecule has 18 heavy (non-hydrogen) atoms. The molecule has 3 rings (SSSR count). The van der Waals surface area contributed by atoms with Crippen LogP contribution in [0.25, 0.3) is 0 Å². The zero-order valence-electron chi connectivity index (χ0n) is 9.77. The summed E-state index contributed by atoms with van der Waals surface area (Å²) >= 11 is 3.10. The zero-order valence-corrected chi connectivity index (χ0v) is 11.4. The molecule has 1 saturated heterocycles. The van der Waals surface area contributed by atoms with Crippen LogP contribution in [0.1, 0.15) is 17.0 Å². The van der Waals surface area contributed by atoms with Gasteiger partial charge in [0.2, 0.25) is 11.8 Å². The molecule has 1 aliphatic carbocycles. The first kappa shape index (κ1) is 12.0. The number of amides is 2. The van der Waals surface area contributed by atoms with Gasteiger partial charge in [0.25, 0.3) is 0 Å². The Labute approximate surface area is 113 Å². The first-order valence-electron chi connectivity index (χ1n) is 5.86. The van der Waals surface area contributed by atoms with Crippen LogP contribution in [0, 0.1) is 0 Å². The highest BCUT2D eigenvalue weighted by Gasteiger charge is 2.24. The molecule has 1 N–H and O–H groups in total. The summed E-state index contributed by atoms with van der Waals surface area (Å²) in [5, 5.41) is 3.45. The number of nitrogens with one attached hydrogen (secondary N) is 1. The molecule has 0 unspecified atom stereocenters. The van der Waals surface area contributed by atoms with E-state index in [1.54, 1.807) is 28.0 Å². The van der Waals surface area contributed by atoms with E-state index in [1.165, 1.54) is 11.3 Å². The molecule has 2 amide bonds. The average molecular weight is 283 g/mol. The minimum Gasteiger partial charge on any atom is -0.323 e. The number of aromatic nitrogens is 1. The number of aryl methyl sites for hydroxylation is 2. The fourth-order valence-corrected chi connectivity index (χ4v) is 4.09. The molecule has 2 heterocycles. The summed E-state index contributed by atoms with van der Waals surface area (Å²) in [6.07, 6.45) is 3.26. The van der Waals surface area contributed by atoms with E-state index in [-0.39, 0.29) is 18.4 Å². The SMILES string of the molecule is O=C(CN1CSCC1=O)Nc1nc2c(s1)CCC2. The topological polar surface area (TPSA) is 62.3 Å². The van der Waals surface area contributed by atoms with Crippen molar-refractivity contribution < 1.29 is 9.59 Å². The number of carbonyl (C=O) groups excluding carboxylic acids is 2. The van der Waals surface area contributed by atoms with Gasteiger partial charge >= 0.3 is 0 Å². The number of rotatable bonds is 3. The lowest BCUT2D eigenvalue weighted by atomic mass is 10.4. The van der Waals surface area contributed by atoms with Gasteiger partial charge in [-0.3, -0.25) is 9.59 Å². The number of carbonyl (C=O) groups is 2. The smallest absolute Gasteiger partial charge is 0.245 e. The van der Waals surface area contributed by atoms with Crippen molar-refractivity contribution in [1.29, 1.82) is 0 Å². The van der Waals surface area contributed by atoms with Gasteiger partial charge in [-0.1, -0.05) is 0 Å². The monoisotopic (exact) mass is 283 g/mol. The maximum Gasteiger partial charge on any atom is 0.245 e. The van der Waals surface area contributed by atoms with Gasteiger partial charge in [-0.25, -0.2) is 4.98 Å². The Hall–Kier alpha value is -1.08. The molecule has 0 spiro atoms. The van der Waals surface area contributed by atoms with E-state index in [0.717, 1.165) is 18.5 Å². The van der Waals surface area contributed by atoms with E-state index >= 15 is 0 Å². The number of thiazole rings is 1. The Bertz CT molecular complexity index is 479. The molecule has 0 bridgehead atoms. The van der Waals surface area contributed by atoms with Crippen molar-refractivity contribution in [3.05, 3.63) is 10.6 Å². The number of hydrogen-bond donors (Lipinski definition) is 1. The fraction of sp³-hybridized carbons (Fsp3) is 0.545. The molecule has 96 valence electrons. The minimum absolute atomic E-state index is 0.0387. The summed E-state index contributed by atoms with van der Waals surface area (Å²) < 4.78 is 0. The third kappa shape index (κ3) is 2.37. The third-order valence-corrected chi connectivity index (χ3v) is 5.02. The van der Waals surface area contributed by atoms with Crippen molar-refractivity contribution in [2.24, 2.45) is 0 Å². The van der Waals surface area contributed by atoms with E-state index in [1.807, 2.05) is 0 Å². The molecule has 5 nitrogen and oxygen atoms in total. The molecule has 1 fully saturated rings. The van der Waals surface area contributed by atoms with E-state index < -0.39 is 0 Å². The second-order valence-corrected chi connectivity index (χ2v) is 6.40. The Morgan fingerprint density at radius 1 is 1.44 bits per heavy atom. The predicted molar refractivity (Wildman–Crippen MR) is 71.8 cm³/mol. The largest absolute Gasteiger partial charge is 0.323 e. The van der Waals surface area contributed by atoms with Gasteiger partial charge in [0, 0.05) is 4.88 Å². The van der Waals surface area contributed by atoms with Crippen LogP contribution in [0.5, 0.6) is 0 Å². The standard InChI is InChI=1S/C11H13N3O2S2/c15-9(4-14-6-17-5-10(14)16)13-11-12-7-2-1-3-8(7)18-11/h1-6H2,(H,12,13,15). The van der Waals surface area contributed by atoms with Gasteiger partial charge < -0.3 is 10.2 Å². The van der Waals surface area contributed by atoms with Crippen molar-refractivity contribution in [3.8, 4) is 0 Å². The number of thioether (sulfide) groups is 1. The Balaban J connectivity index is 1.58. The zero-order chi connectivity index (χ0) is 12.5. The van der Waals surface area contributed by atoms with Crippen LogP contribution in [-0.4, -0.2) is 39.9 Å². The van der Waals surface area contributed by atoms with E-state index in [9.17, 15) is 9.59 Å². The van der Waals surface area contributed by atoms with Gasteiger partial charge in [-0.05, 0) is 19.3 Å². The summed E-state index contributed by atoms with van der Waals surface area (Å²) in [6.45, 7) is 0.135. The number of hydrogen-bond acceptors (Lipinski definition) is 5. The van der Waals surface area contributed by atoms with Gasteiger partial charge in [0.15, 0.2) is 5.13 Å². The summed E-state index contributed by atoms with van der Waals surface area (Å²) in [5.41, 5.74) is 1.13. The predicted octanol–water partition coefficient (Wildman–Crippen LogP) is 1.10. The van der Waals surface area contributed by atoms with Crippen molar-refractivity contribution in [2.45, 2.75) is 19.3 Å².